The number of alkyl halides is 2. The number of hydrogen-bond acceptors (Lipinski definition) is 3. The minimum atomic E-state index is -2.82. The summed E-state index contributed by atoms with van der Waals surface area (Å²) in [7, 11) is 2.08. The van der Waals surface area contributed by atoms with Gasteiger partial charge in [-0.15, -0.1) is 0 Å². The van der Waals surface area contributed by atoms with Gasteiger partial charge in [-0.3, -0.25) is 0 Å². The fourth-order valence-electron chi connectivity index (χ4n) is 2.48. The van der Waals surface area contributed by atoms with E-state index >= 15 is 0 Å². The van der Waals surface area contributed by atoms with Gasteiger partial charge in [-0.05, 0) is 44.6 Å². The third kappa shape index (κ3) is 4.58. The Kier molecular flexibility index (Phi) is 5.57. The van der Waals surface area contributed by atoms with E-state index in [2.05, 4.69) is 22.0 Å². The number of hydrogen-bond donors (Lipinski definition) is 1. The molecule has 1 fully saturated rings. The Hall–Kier alpha value is -0.910. The zero-order chi connectivity index (χ0) is 14.5. The van der Waals surface area contributed by atoms with Gasteiger partial charge in [0, 0.05) is 29.7 Å². The second kappa shape index (κ2) is 7.20. The van der Waals surface area contributed by atoms with E-state index in [1.165, 1.54) is 6.07 Å². The van der Waals surface area contributed by atoms with Crippen molar-refractivity contribution in [2.75, 3.05) is 20.1 Å². The Morgan fingerprint density at radius 3 is 3.00 bits per heavy atom. The molecule has 20 heavy (non-hydrogen) atoms. The Bertz CT molecular complexity index is 445. The number of benzene rings is 1. The highest BCUT2D eigenvalue weighted by molar-refractivity contribution is 6.30. The molecule has 1 atom stereocenters. The van der Waals surface area contributed by atoms with E-state index in [0.717, 1.165) is 25.9 Å². The van der Waals surface area contributed by atoms with Crippen LogP contribution in [0.25, 0.3) is 0 Å². The molecular formula is C14H19ClF2N2O. The van der Waals surface area contributed by atoms with Gasteiger partial charge in [0.2, 0.25) is 0 Å². The smallest absolute Gasteiger partial charge is 0.387 e. The van der Waals surface area contributed by atoms with Gasteiger partial charge in [-0.25, -0.2) is 0 Å². The number of ether oxygens (including phenoxy) is 1. The summed E-state index contributed by atoms with van der Waals surface area (Å²) >= 11 is 5.92. The van der Waals surface area contributed by atoms with E-state index < -0.39 is 6.61 Å². The molecule has 0 aliphatic carbocycles. The highest BCUT2D eigenvalue weighted by Gasteiger charge is 2.17. The van der Waals surface area contributed by atoms with Crippen LogP contribution in [0, 0.1) is 0 Å². The molecule has 0 bridgehead atoms. The molecule has 1 saturated heterocycles. The number of likely N-dealkylation sites (tertiary alicyclic amines) is 1. The summed E-state index contributed by atoms with van der Waals surface area (Å²) in [6, 6.07) is 5.07. The fourth-order valence-corrected chi connectivity index (χ4v) is 2.68. The Morgan fingerprint density at radius 1 is 1.50 bits per heavy atom. The highest BCUT2D eigenvalue weighted by atomic mass is 35.5. The van der Waals surface area contributed by atoms with E-state index in [4.69, 9.17) is 11.6 Å². The highest BCUT2D eigenvalue weighted by Crippen LogP contribution is 2.24. The summed E-state index contributed by atoms with van der Waals surface area (Å²) in [6.45, 7) is -0.280. The first-order valence-corrected chi connectivity index (χ1v) is 7.07. The van der Waals surface area contributed by atoms with Crippen LogP contribution in [0.5, 0.6) is 5.75 Å². The fraction of sp³-hybridized carbons (Fsp3) is 0.571. The molecule has 112 valence electrons. The standard InChI is InChI=1S/C14H19ClF2N2O/c1-19-6-2-3-12(9-19)18-8-10-7-11(15)4-5-13(10)20-14(16)17/h4-5,7,12,14,18H,2-3,6,8-9H2,1H3. The van der Waals surface area contributed by atoms with E-state index in [1.54, 1.807) is 12.1 Å². The van der Waals surface area contributed by atoms with Crippen LogP contribution in [-0.2, 0) is 6.54 Å². The second-order valence-corrected chi connectivity index (χ2v) is 5.55. The number of nitrogens with zero attached hydrogens (tertiary/aromatic N) is 1. The first kappa shape index (κ1) is 15.5. The molecule has 2 rings (SSSR count). The summed E-state index contributed by atoms with van der Waals surface area (Å²) in [4.78, 5) is 2.26. The van der Waals surface area contributed by atoms with Crippen LogP contribution in [0.4, 0.5) is 8.78 Å². The van der Waals surface area contributed by atoms with Crippen molar-refractivity contribution >= 4 is 11.6 Å². The number of rotatable bonds is 5. The van der Waals surface area contributed by atoms with Gasteiger partial charge in [0.1, 0.15) is 5.75 Å². The molecule has 1 heterocycles. The minimum Gasteiger partial charge on any atom is -0.434 e. The molecule has 1 aromatic carbocycles. The minimum absolute atomic E-state index is 0.182. The zero-order valence-corrected chi connectivity index (χ0v) is 12.2. The zero-order valence-electron chi connectivity index (χ0n) is 11.4. The Morgan fingerprint density at radius 2 is 2.30 bits per heavy atom. The van der Waals surface area contributed by atoms with Gasteiger partial charge in [0.15, 0.2) is 0 Å². The molecule has 1 N–H and O–H groups in total. The molecule has 1 aliphatic rings. The monoisotopic (exact) mass is 304 g/mol. The second-order valence-electron chi connectivity index (χ2n) is 5.11. The van der Waals surface area contributed by atoms with Crippen molar-refractivity contribution in [2.24, 2.45) is 0 Å². The van der Waals surface area contributed by atoms with Crippen LogP contribution >= 0.6 is 11.6 Å². The predicted octanol–water partition coefficient (Wildman–Crippen LogP) is 3.13. The summed E-state index contributed by atoms with van der Waals surface area (Å²) in [5.41, 5.74) is 0.658. The molecule has 0 saturated carbocycles. The van der Waals surface area contributed by atoms with Crippen LogP contribution in [0.3, 0.4) is 0 Å². The maximum atomic E-state index is 12.4. The average molecular weight is 305 g/mol. The summed E-state index contributed by atoms with van der Waals surface area (Å²) in [6.07, 6.45) is 2.24. The summed E-state index contributed by atoms with van der Waals surface area (Å²) < 4.78 is 29.2. The molecule has 0 amide bonds. The molecular weight excluding hydrogens is 286 g/mol. The van der Waals surface area contributed by atoms with Crippen molar-refractivity contribution in [3.63, 3.8) is 0 Å². The summed E-state index contributed by atoms with van der Waals surface area (Å²) in [5.74, 6) is 0.182. The van der Waals surface area contributed by atoms with E-state index in [-0.39, 0.29) is 5.75 Å². The van der Waals surface area contributed by atoms with Crippen molar-refractivity contribution in [1.82, 2.24) is 10.2 Å². The third-order valence-corrected chi connectivity index (χ3v) is 3.68. The molecule has 1 aromatic rings. The normalized spacial score (nSPS) is 20.4. The Balaban J connectivity index is 1.98. The summed E-state index contributed by atoms with van der Waals surface area (Å²) in [5, 5.41) is 3.90. The Labute approximate surface area is 122 Å². The largest absolute Gasteiger partial charge is 0.434 e. The van der Waals surface area contributed by atoms with Crippen molar-refractivity contribution in [1.29, 1.82) is 0 Å². The van der Waals surface area contributed by atoms with Gasteiger partial charge >= 0.3 is 6.61 Å². The van der Waals surface area contributed by atoms with E-state index in [0.29, 0.717) is 23.2 Å². The maximum Gasteiger partial charge on any atom is 0.387 e. The van der Waals surface area contributed by atoms with Crippen LogP contribution < -0.4 is 10.1 Å². The van der Waals surface area contributed by atoms with Gasteiger partial charge in [-0.2, -0.15) is 8.78 Å². The van der Waals surface area contributed by atoms with Crippen molar-refractivity contribution in [3.8, 4) is 5.75 Å². The molecule has 0 radical (unpaired) electrons. The van der Waals surface area contributed by atoms with Crippen molar-refractivity contribution < 1.29 is 13.5 Å². The maximum absolute atomic E-state index is 12.4. The van der Waals surface area contributed by atoms with Gasteiger partial charge in [-0.1, -0.05) is 11.6 Å². The molecule has 6 heteroatoms. The van der Waals surface area contributed by atoms with E-state index in [1.807, 2.05) is 0 Å². The number of piperidine rings is 1. The first-order valence-electron chi connectivity index (χ1n) is 6.70. The van der Waals surface area contributed by atoms with Gasteiger partial charge in [0.05, 0.1) is 0 Å². The van der Waals surface area contributed by atoms with Crippen LogP contribution in [-0.4, -0.2) is 37.7 Å². The van der Waals surface area contributed by atoms with Gasteiger partial charge in [0.25, 0.3) is 0 Å². The quantitative estimate of drug-likeness (QED) is 0.904. The van der Waals surface area contributed by atoms with E-state index in [9.17, 15) is 8.78 Å². The predicted molar refractivity (Wildman–Crippen MR) is 75.4 cm³/mol. The van der Waals surface area contributed by atoms with Crippen molar-refractivity contribution in [2.45, 2.75) is 32.0 Å². The molecule has 1 unspecified atom stereocenters. The lowest BCUT2D eigenvalue weighted by Gasteiger charge is -2.30. The lowest BCUT2D eigenvalue weighted by atomic mass is 10.1. The average Bonchev–Trinajstić information content (AvgIpc) is 2.39. The number of likely N-dealkylation sites (N-methyl/N-ethyl adjacent to an activating group) is 1. The lowest BCUT2D eigenvalue weighted by Crippen LogP contribution is -2.43. The molecule has 0 spiro atoms. The molecule has 0 aromatic heterocycles. The van der Waals surface area contributed by atoms with Crippen LogP contribution in [0.15, 0.2) is 18.2 Å². The SMILES string of the molecule is CN1CCCC(NCc2cc(Cl)ccc2OC(F)F)C1. The van der Waals surface area contributed by atoms with Gasteiger partial charge < -0.3 is 15.0 Å². The topological polar surface area (TPSA) is 24.5 Å². The first-order chi connectivity index (χ1) is 9.54. The molecule has 3 nitrogen and oxygen atoms in total. The number of nitrogens with one attached hydrogen (secondary N) is 1. The third-order valence-electron chi connectivity index (χ3n) is 3.44. The van der Waals surface area contributed by atoms with Crippen LogP contribution in [0.1, 0.15) is 18.4 Å². The lowest BCUT2D eigenvalue weighted by molar-refractivity contribution is -0.0505. The number of halogens is 3. The molecule has 1 aliphatic heterocycles. The van der Waals surface area contributed by atoms with Crippen LogP contribution in [0.2, 0.25) is 5.02 Å². The van der Waals surface area contributed by atoms with Crippen molar-refractivity contribution in [3.05, 3.63) is 28.8 Å².